The summed E-state index contributed by atoms with van der Waals surface area (Å²) in [6.45, 7) is 3.13. The Labute approximate surface area is 181 Å². The molecule has 4 rings (SSSR count). The summed E-state index contributed by atoms with van der Waals surface area (Å²) in [6, 6.07) is 14.8. The van der Waals surface area contributed by atoms with E-state index in [0.717, 1.165) is 35.2 Å². The van der Waals surface area contributed by atoms with Crippen LogP contribution in [0.1, 0.15) is 6.42 Å². The van der Waals surface area contributed by atoms with Crippen LogP contribution in [0.4, 0.5) is 16.2 Å². The number of para-hydroxylation sites is 1. The number of nitrogens with one attached hydrogen (secondary N) is 1. The SMILES string of the molecule is COc1ccc(N2CC(NC(=O)N3CCN(c4ccccc4Cl)CC3)CC2=O)cc1. The summed E-state index contributed by atoms with van der Waals surface area (Å²) in [6.07, 6.45) is 0.303. The molecule has 0 radical (unpaired) electrons. The molecule has 1 N–H and O–H groups in total. The van der Waals surface area contributed by atoms with Crippen molar-refractivity contribution in [2.24, 2.45) is 0 Å². The van der Waals surface area contributed by atoms with E-state index < -0.39 is 0 Å². The number of amides is 3. The van der Waals surface area contributed by atoms with Crippen LogP contribution in [-0.4, -0.2) is 62.7 Å². The first kappa shape index (κ1) is 20.3. The molecule has 0 aliphatic carbocycles. The second kappa shape index (κ2) is 8.83. The van der Waals surface area contributed by atoms with E-state index in [-0.39, 0.29) is 18.0 Å². The number of carbonyl (C=O) groups is 2. The van der Waals surface area contributed by atoms with E-state index in [1.165, 1.54) is 0 Å². The van der Waals surface area contributed by atoms with Gasteiger partial charge in [0.25, 0.3) is 0 Å². The van der Waals surface area contributed by atoms with Gasteiger partial charge in [0.05, 0.1) is 23.9 Å². The number of hydrogen-bond acceptors (Lipinski definition) is 4. The van der Waals surface area contributed by atoms with E-state index in [2.05, 4.69) is 10.2 Å². The summed E-state index contributed by atoms with van der Waals surface area (Å²) in [7, 11) is 1.61. The second-order valence-corrected chi connectivity index (χ2v) is 7.89. The highest BCUT2D eigenvalue weighted by atomic mass is 35.5. The number of piperazine rings is 1. The first-order valence-corrected chi connectivity index (χ1v) is 10.4. The van der Waals surface area contributed by atoms with Crippen LogP contribution in [0.15, 0.2) is 48.5 Å². The van der Waals surface area contributed by atoms with E-state index in [1.807, 2.05) is 48.5 Å². The third-order valence-corrected chi connectivity index (χ3v) is 5.92. The molecular formula is C22H25ClN4O3. The maximum Gasteiger partial charge on any atom is 0.317 e. The molecule has 2 aliphatic rings. The van der Waals surface area contributed by atoms with Crippen molar-refractivity contribution in [3.05, 3.63) is 53.6 Å². The van der Waals surface area contributed by atoms with Crippen LogP contribution in [0.5, 0.6) is 5.75 Å². The summed E-state index contributed by atoms with van der Waals surface area (Å²) in [4.78, 5) is 30.9. The van der Waals surface area contributed by atoms with Gasteiger partial charge in [-0.1, -0.05) is 23.7 Å². The van der Waals surface area contributed by atoms with Gasteiger partial charge in [0.15, 0.2) is 0 Å². The van der Waals surface area contributed by atoms with E-state index in [9.17, 15) is 9.59 Å². The summed E-state index contributed by atoms with van der Waals surface area (Å²) in [5.74, 6) is 0.750. The largest absolute Gasteiger partial charge is 0.497 e. The molecule has 0 saturated carbocycles. The zero-order chi connectivity index (χ0) is 21.1. The number of carbonyl (C=O) groups excluding carboxylic acids is 2. The van der Waals surface area contributed by atoms with Crippen molar-refractivity contribution in [2.45, 2.75) is 12.5 Å². The van der Waals surface area contributed by atoms with Gasteiger partial charge in [0, 0.05) is 44.8 Å². The predicted octanol–water partition coefficient (Wildman–Crippen LogP) is 2.99. The average molecular weight is 429 g/mol. The van der Waals surface area contributed by atoms with Crippen molar-refractivity contribution in [1.29, 1.82) is 0 Å². The Kier molecular flexibility index (Phi) is 5.99. The Bertz CT molecular complexity index is 913. The van der Waals surface area contributed by atoms with Crippen molar-refractivity contribution in [3.8, 4) is 5.75 Å². The lowest BCUT2D eigenvalue weighted by atomic mass is 10.2. The van der Waals surface area contributed by atoms with Gasteiger partial charge in [-0.15, -0.1) is 0 Å². The molecule has 2 aliphatic heterocycles. The number of benzene rings is 2. The Balaban J connectivity index is 1.30. The topological polar surface area (TPSA) is 65.1 Å². The van der Waals surface area contributed by atoms with Crippen LogP contribution < -0.4 is 19.9 Å². The molecule has 0 spiro atoms. The van der Waals surface area contributed by atoms with E-state index in [4.69, 9.17) is 16.3 Å². The maximum atomic E-state index is 12.7. The molecule has 2 aromatic carbocycles. The van der Waals surface area contributed by atoms with E-state index >= 15 is 0 Å². The van der Waals surface area contributed by atoms with Crippen LogP contribution in [0.2, 0.25) is 5.02 Å². The highest BCUT2D eigenvalue weighted by Crippen LogP contribution is 2.27. The molecule has 0 aromatic heterocycles. The quantitative estimate of drug-likeness (QED) is 0.813. The fraction of sp³-hybridized carbons (Fsp3) is 0.364. The summed E-state index contributed by atoms with van der Waals surface area (Å²) < 4.78 is 5.17. The number of methoxy groups -OCH3 is 1. The Morgan fingerprint density at radius 2 is 1.77 bits per heavy atom. The Hall–Kier alpha value is -2.93. The molecule has 2 saturated heterocycles. The standard InChI is InChI=1S/C22H25ClN4O3/c1-30-18-8-6-17(7-9-18)27-15-16(14-21(27)28)24-22(29)26-12-10-25(11-13-26)20-5-3-2-4-19(20)23/h2-9,16H,10-15H2,1H3,(H,24,29). The van der Waals surface area contributed by atoms with Crippen molar-refractivity contribution in [1.82, 2.24) is 10.2 Å². The van der Waals surface area contributed by atoms with Gasteiger partial charge in [-0.3, -0.25) is 4.79 Å². The monoisotopic (exact) mass is 428 g/mol. The number of urea groups is 1. The minimum atomic E-state index is -0.200. The number of ether oxygens (including phenoxy) is 1. The van der Waals surface area contributed by atoms with Crippen molar-refractivity contribution >= 4 is 34.9 Å². The number of halogens is 1. The van der Waals surface area contributed by atoms with Crippen LogP contribution in [0, 0.1) is 0 Å². The Morgan fingerprint density at radius 1 is 1.07 bits per heavy atom. The number of nitrogens with zero attached hydrogens (tertiary/aromatic N) is 3. The first-order valence-electron chi connectivity index (χ1n) is 10.0. The third kappa shape index (κ3) is 4.31. The van der Waals surface area contributed by atoms with Crippen molar-refractivity contribution < 1.29 is 14.3 Å². The normalized spacial score (nSPS) is 19.2. The fourth-order valence-electron chi connectivity index (χ4n) is 3.94. The van der Waals surface area contributed by atoms with E-state index in [1.54, 1.807) is 16.9 Å². The van der Waals surface area contributed by atoms with E-state index in [0.29, 0.717) is 26.1 Å². The molecule has 2 fully saturated rings. The molecule has 1 atom stereocenters. The average Bonchev–Trinajstić information content (AvgIpc) is 3.14. The zero-order valence-corrected chi connectivity index (χ0v) is 17.6. The minimum Gasteiger partial charge on any atom is -0.497 e. The predicted molar refractivity (Wildman–Crippen MR) is 118 cm³/mol. The van der Waals surface area contributed by atoms with Gasteiger partial charge in [0.2, 0.25) is 5.91 Å². The lowest BCUT2D eigenvalue weighted by Gasteiger charge is -2.36. The molecule has 158 valence electrons. The summed E-state index contributed by atoms with van der Waals surface area (Å²) in [5.41, 5.74) is 1.81. The molecule has 2 aromatic rings. The van der Waals surface area contributed by atoms with Crippen LogP contribution in [0.25, 0.3) is 0 Å². The second-order valence-electron chi connectivity index (χ2n) is 7.48. The van der Waals surface area contributed by atoms with Gasteiger partial charge in [-0.2, -0.15) is 0 Å². The molecule has 8 heteroatoms. The minimum absolute atomic E-state index is 0.00834. The maximum absolute atomic E-state index is 12.7. The molecule has 0 bridgehead atoms. The van der Waals surface area contributed by atoms with Crippen molar-refractivity contribution in [3.63, 3.8) is 0 Å². The highest BCUT2D eigenvalue weighted by Gasteiger charge is 2.33. The van der Waals surface area contributed by atoms with Crippen LogP contribution in [0.3, 0.4) is 0 Å². The van der Waals surface area contributed by atoms with Gasteiger partial charge < -0.3 is 24.8 Å². The molecule has 2 heterocycles. The molecule has 7 nitrogen and oxygen atoms in total. The smallest absolute Gasteiger partial charge is 0.317 e. The number of rotatable bonds is 4. The third-order valence-electron chi connectivity index (χ3n) is 5.60. The highest BCUT2D eigenvalue weighted by molar-refractivity contribution is 6.33. The lowest BCUT2D eigenvalue weighted by Crippen LogP contribution is -2.54. The number of hydrogen-bond donors (Lipinski definition) is 1. The molecule has 1 unspecified atom stereocenters. The molecule has 30 heavy (non-hydrogen) atoms. The summed E-state index contributed by atoms with van der Waals surface area (Å²) in [5, 5.41) is 3.74. The van der Waals surface area contributed by atoms with Crippen LogP contribution >= 0.6 is 11.6 Å². The lowest BCUT2D eigenvalue weighted by molar-refractivity contribution is -0.117. The summed E-state index contributed by atoms with van der Waals surface area (Å²) >= 11 is 6.29. The Morgan fingerprint density at radius 3 is 2.43 bits per heavy atom. The molecular weight excluding hydrogens is 404 g/mol. The zero-order valence-electron chi connectivity index (χ0n) is 16.9. The van der Waals surface area contributed by atoms with Gasteiger partial charge in [0.1, 0.15) is 5.75 Å². The fourth-order valence-corrected chi connectivity index (χ4v) is 4.20. The molecule has 3 amide bonds. The number of anilines is 2. The van der Waals surface area contributed by atoms with Crippen LogP contribution in [-0.2, 0) is 4.79 Å². The van der Waals surface area contributed by atoms with Gasteiger partial charge in [-0.25, -0.2) is 4.79 Å². The van der Waals surface area contributed by atoms with Gasteiger partial charge >= 0.3 is 6.03 Å². The van der Waals surface area contributed by atoms with Gasteiger partial charge in [-0.05, 0) is 36.4 Å². The first-order chi connectivity index (χ1) is 14.5. The van der Waals surface area contributed by atoms with Crippen molar-refractivity contribution in [2.75, 3.05) is 49.6 Å².